The zero-order valence-electron chi connectivity index (χ0n) is 13.8. The fourth-order valence-electron chi connectivity index (χ4n) is 3.32. The van der Waals surface area contributed by atoms with Gasteiger partial charge < -0.3 is 9.84 Å². The predicted octanol–water partition coefficient (Wildman–Crippen LogP) is 4.29. The van der Waals surface area contributed by atoms with E-state index in [9.17, 15) is 5.11 Å². The van der Waals surface area contributed by atoms with Crippen LogP contribution in [0.25, 0.3) is 0 Å². The summed E-state index contributed by atoms with van der Waals surface area (Å²) in [6.07, 6.45) is 8.67. The summed E-state index contributed by atoms with van der Waals surface area (Å²) in [4.78, 5) is 4.26. The van der Waals surface area contributed by atoms with Crippen LogP contribution >= 0.6 is 0 Å². The maximum atomic E-state index is 11.1. The van der Waals surface area contributed by atoms with Crippen LogP contribution in [-0.4, -0.2) is 16.2 Å². The topological polar surface area (TPSA) is 42.4 Å². The lowest BCUT2D eigenvalue weighted by atomic mass is 9.85. The van der Waals surface area contributed by atoms with E-state index in [0.29, 0.717) is 5.92 Å². The standard InChI is InChI=1S/C18H29NO2/c1-13(2)15-6-5-8-18(20,9-7-15)16-10-17(12-19-11-16)21-14(3)4/h10-15,20H,5-9H2,1-4H3. The average molecular weight is 291 g/mol. The fourth-order valence-corrected chi connectivity index (χ4v) is 3.32. The maximum absolute atomic E-state index is 11.1. The van der Waals surface area contributed by atoms with Crippen molar-refractivity contribution < 1.29 is 9.84 Å². The highest BCUT2D eigenvalue weighted by atomic mass is 16.5. The molecule has 0 spiro atoms. The molecule has 1 aromatic heterocycles. The molecule has 0 aliphatic heterocycles. The Labute approximate surface area is 128 Å². The Bertz CT molecular complexity index is 458. The van der Waals surface area contributed by atoms with E-state index in [0.717, 1.165) is 42.9 Å². The van der Waals surface area contributed by atoms with Crippen molar-refractivity contribution in [1.29, 1.82) is 0 Å². The third-order valence-electron chi connectivity index (χ3n) is 4.66. The highest BCUT2D eigenvalue weighted by Gasteiger charge is 2.33. The Balaban J connectivity index is 2.15. The van der Waals surface area contributed by atoms with E-state index in [1.54, 1.807) is 12.4 Å². The van der Waals surface area contributed by atoms with Crippen molar-refractivity contribution in [3.63, 3.8) is 0 Å². The monoisotopic (exact) mass is 291 g/mol. The van der Waals surface area contributed by atoms with Gasteiger partial charge in [-0.3, -0.25) is 4.98 Å². The minimum atomic E-state index is -0.743. The minimum Gasteiger partial charge on any atom is -0.489 e. The summed E-state index contributed by atoms with van der Waals surface area (Å²) >= 11 is 0. The van der Waals surface area contributed by atoms with Crippen molar-refractivity contribution in [3.05, 3.63) is 24.0 Å². The van der Waals surface area contributed by atoms with Gasteiger partial charge in [0.05, 0.1) is 17.9 Å². The number of aliphatic hydroxyl groups is 1. The molecule has 1 heterocycles. The molecule has 1 aliphatic rings. The highest BCUT2D eigenvalue weighted by Crippen LogP contribution is 2.40. The molecule has 1 fully saturated rings. The Hall–Kier alpha value is -1.09. The second-order valence-electron chi connectivity index (χ2n) is 7.04. The summed E-state index contributed by atoms with van der Waals surface area (Å²) in [7, 11) is 0. The van der Waals surface area contributed by atoms with Crippen molar-refractivity contribution >= 4 is 0 Å². The SMILES string of the molecule is CC(C)Oc1cncc(C2(O)CCCC(C(C)C)CC2)c1. The van der Waals surface area contributed by atoms with Crippen molar-refractivity contribution in [2.45, 2.75) is 71.5 Å². The first-order valence-electron chi connectivity index (χ1n) is 8.25. The first-order chi connectivity index (χ1) is 9.90. The summed E-state index contributed by atoms with van der Waals surface area (Å²) < 4.78 is 5.71. The van der Waals surface area contributed by atoms with Crippen LogP contribution in [0.4, 0.5) is 0 Å². The third kappa shape index (κ3) is 4.19. The third-order valence-corrected chi connectivity index (χ3v) is 4.66. The van der Waals surface area contributed by atoms with E-state index < -0.39 is 5.60 Å². The quantitative estimate of drug-likeness (QED) is 0.841. The van der Waals surface area contributed by atoms with Gasteiger partial charge in [-0.25, -0.2) is 0 Å². The number of rotatable bonds is 4. The predicted molar refractivity (Wildman–Crippen MR) is 85.3 cm³/mol. The first kappa shape index (κ1) is 16.3. The van der Waals surface area contributed by atoms with Gasteiger partial charge in [0.25, 0.3) is 0 Å². The van der Waals surface area contributed by atoms with Crippen LogP contribution < -0.4 is 4.74 Å². The van der Waals surface area contributed by atoms with E-state index in [2.05, 4.69) is 18.8 Å². The van der Waals surface area contributed by atoms with Gasteiger partial charge in [0.1, 0.15) is 5.75 Å². The molecule has 1 saturated carbocycles. The zero-order valence-corrected chi connectivity index (χ0v) is 13.8. The second kappa shape index (κ2) is 6.78. The van der Waals surface area contributed by atoms with Gasteiger partial charge in [-0.05, 0) is 57.4 Å². The number of nitrogens with zero attached hydrogens (tertiary/aromatic N) is 1. The molecule has 3 heteroatoms. The Kier molecular flexibility index (Phi) is 5.26. The van der Waals surface area contributed by atoms with Crippen LogP contribution in [0.1, 0.15) is 65.4 Å². The van der Waals surface area contributed by atoms with Crippen LogP contribution in [0.15, 0.2) is 18.5 Å². The van der Waals surface area contributed by atoms with Gasteiger partial charge in [-0.2, -0.15) is 0 Å². The summed E-state index contributed by atoms with van der Waals surface area (Å²) in [5.41, 5.74) is 0.164. The van der Waals surface area contributed by atoms with Crippen molar-refractivity contribution in [2.75, 3.05) is 0 Å². The van der Waals surface area contributed by atoms with Gasteiger partial charge in [0.15, 0.2) is 0 Å². The van der Waals surface area contributed by atoms with E-state index in [4.69, 9.17) is 4.74 Å². The fraction of sp³-hybridized carbons (Fsp3) is 0.722. The minimum absolute atomic E-state index is 0.121. The lowest BCUT2D eigenvalue weighted by Gasteiger charge is -2.28. The first-order valence-corrected chi connectivity index (χ1v) is 8.25. The molecule has 2 rings (SSSR count). The number of ether oxygens (including phenoxy) is 1. The number of aromatic nitrogens is 1. The van der Waals surface area contributed by atoms with E-state index >= 15 is 0 Å². The normalized spacial score (nSPS) is 26.9. The molecule has 0 radical (unpaired) electrons. The van der Waals surface area contributed by atoms with E-state index in [1.165, 1.54) is 6.42 Å². The van der Waals surface area contributed by atoms with Crippen LogP contribution in [-0.2, 0) is 5.60 Å². The lowest BCUT2D eigenvalue weighted by Crippen LogP contribution is -2.25. The summed E-state index contributed by atoms with van der Waals surface area (Å²) in [6.45, 7) is 8.57. The van der Waals surface area contributed by atoms with Gasteiger partial charge in [-0.15, -0.1) is 0 Å². The van der Waals surface area contributed by atoms with Gasteiger partial charge in [0.2, 0.25) is 0 Å². The summed E-state index contributed by atoms with van der Waals surface area (Å²) in [5, 5.41) is 11.1. The molecular weight excluding hydrogens is 262 g/mol. The van der Waals surface area contributed by atoms with Crippen molar-refractivity contribution in [3.8, 4) is 5.75 Å². The van der Waals surface area contributed by atoms with Crippen molar-refractivity contribution in [1.82, 2.24) is 4.98 Å². The summed E-state index contributed by atoms with van der Waals surface area (Å²) in [5.74, 6) is 2.17. The van der Waals surface area contributed by atoms with Crippen molar-refractivity contribution in [2.24, 2.45) is 11.8 Å². The molecule has 1 N–H and O–H groups in total. The molecule has 118 valence electrons. The largest absolute Gasteiger partial charge is 0.489 e. The molecular formula is C18H29NO2. The van der Waals surface area contributed by atoms with E-state index in [1.807, 2.05) is 19.9 Å². The second-order valence-corrected chi connectivity index (χ2v) is 7.04. The molecule has 0 saturated heterocycles. The van der Waals surface area contributed by atoms with Crippen LogP contribution in [0.3, 0.4) is 0 Å². The van der Waals surface area contributed by atoms with Crippen LogP contribution in [0, 0.1) is 11.8 Å². The molecule has 1 aromatic rings. The Morgan fingerprint density at radius 3 is 2.62 bits per heavy atom. The molecule has 0 bridgehead atoms. The van der Waals surface area contributed by atoms with E-state index in [-0.39, 0.29) is 6.10 Å². The molecule has 0 amide bonds. The molecule has 21 heavy (non-hydrogen) atoms. The molecule has 1 aliphatic carbocycles. The average Bonchev–Trinajstić information content (AvgIpc) is 2.61. The lowest BCUT2D eigenvalue weighted by molar-refractivity contribution is 0.0184. The molecule has 2 atom stereocenters. The number of hydrogen-bond acceptors (Lipinski definition) is 3. The number of pyridine rings is 1. The van der Waals surface area contributed by atoms with Crippen LogP contribution in [0.2, 0.25) is 0 Å². The smallest absolute Gasteiger partial charge is 0.138 e. The summed E-state index contributed by atoms with van der Waals surface area (Å²) in [6, 6.07) is 1.96. The van der Waals surface area contributed by atoms with Gasteiger partial charge in [-0.1, -0.05) is 20.3 Å². The van der Waals surface area contributed by atoms with Crippen LogP contribution in [0.5, 0.6) is 5.75 Å². The molecule has 2 unspecified atom stereocenters. The zero-order chi connectivity index (χ0) is 15.5. The van der Waals surface area contributed by atoms with Gasteiger partial charge >= 0.3 is 0 Å². The molecule has 0 aromatic carbocycles. The Morgan fingerprint density at radius 2 is 1.95 bits per heavy atom. The maximum Gasteiger partial charge on any atom is 0.138 e. The molecule has 3 nitrogen and oxygen atoms in total. The number of hydrogen-bond donors (Lipinski definition) is 1. The van der Waals surface area contributed by atoms with Gasteiger partial charge in [0, 0.05) is 11.8 Å². The Morgan fingerprint density at radius 1 is 1.19 bits per heavy atom. The highest BCUT2D eigenvalue weighted by molar-refractivity contribution is 5.28.